The lowest BCUT2D eigenvalue weighted by molar-refractivity contribution is -0.254. The molecule has 1 heterocycles. The Morgan fingerprint density at radius 2 is 1.75 bits per heavy atom. The molecule has 3 aliphatic rings. The van der Waals surface area contributed by atoms with Crippen molar-refractivity contribution in [1.82, 2.24) is 0 Å². The van der Waals surface area contributed by atoms with Crippen LogP contribution in [0.3, 0.4) is 0 Å². The van der Waals surface area contributed by atoms with E-state index in [9.17, 15) is 19.5 Å². The maximum absolute atomic E-state index is 12.9. The number of hydrogen-bond acceptors (Lipinski definition) is 8. The van der Waals surface area contributed by atoms with Crippen molar-refractivity contribution in [2.75, 3.05) is 0 Å². The van der Waals surface area contributed by atoms with E-state index in [1.807, 2.05) is 6.92 Å². The van der Waals surface area contributed by atoms with E-state index in [0.29, 0.717) is 31.3 Å². The summed E-state index contributed by atoms with van der Waals surface area (Å²) in [5.41, 5.74) is -0.0311. The molecule has 8 heteroatoms. The Labute approximate surface area is 239 Å². The number of esters is 3. The number of rotatable bonds is 12. The molecule has 1 aliphatic heterocycles. The summed E-state index contributed by atoms with van der Waals surface area (Å²) in [6.45, 7) is 14.9. The highest BCUT2D eigenvalue weighted by molar-refractivity contribution is 5.70. The number of hydrogen-bond donors (Lipinski definition) is 1. The van der Waals surface area contributed by atoms with Gasteiger partial charge in [0.05, 0.1) is 11.5 Å². The van der Waals surface area contributed by atoms with Crippen molar-refractivity contribution in [2.45, 2.75) is 124 Å². The third-order valence-electron chi connectivity index (χ3n) is 9.35. The summed E-state index contributed by atoms with van der Waals surface area (Å²) >= 11 is 0. The topological polar surface area (TPSA) is 108 Å². The normalized spacial score (nSPS) is 35.2. The molecule has 2 aliphatic carbocycles. The fourth-order valence-corrected chi connectivity index (χ4v) is 6.97. The molecule has 2 fully saturated rings. The van der Waals surface area contributed by atoms with Crippen LogP contribution in [-0.2, 0) is 33.3 Å². The molecule has 0 aromatic heterocycles. The standard InChI is InChI=1S/C32H48O8/c1-8-10-11-12-13-14-28(36)39-24-18-25-29(37-22(5)33)40-30(38-23(6)34)32(25)26(19-24)31(7,16-15-20(3)9-2)21(4)17-27(32)35/h9,15,18,21,24,26-27,29-30,35H,2,8,10-14,16-17,19H2,1,3-7H3/b20-15+/t21-,24+,26+,27-,29-,30-,31+,32-/m0/s1. The lowest BCUT2D eigenvalue weighted by Gasteiger charge is -2.60. The van der Waals surface area contributed by atoms with E-state index in [4.69, 9.17) is 18.9 Å². The number of carbonyl (C=O) groups is 3. The number of allylic oxidation sites excluding steroid dienone is 3. The van der Waals surface area contributed by atoms with E-state index >= 15 is 0 Å². The van der Waals surface area contributed by atoms with Crippen molar-refractivity contribution in [1.29, 1.82) is 0 Å². The molecule has 0 radical (unpaired) electrons. The van der Waals surface area contributed by atoms with E-state index in [1.54, 1.807) is 12.2 Å². The van der Waals surface area contributed by atoms with Crippen LogP contribution in [0.5, 0.6) is 0 Å². The van der Waals surface area contributed by atoms with Crippen molar-refractivity contribution >= 4 is 17.9 Å². The third kappa shape index (κ3) is 6.54. The lowest BCUT2D eigenvalue weighted by Crippen LogP contribution is -2.63. The fourth-order valence-electron chi connectivity index (χ4n) is 6.97. The zero-order valence-electron chi connectivity index (χ0n) is 25.1. The molecule has 8 nitrogen and oxygen atoms in total. The minimum atomic E-state index is -1.17. The maximum Gasteiger partial charge on any atom is 0.306 e. The minimum absolute atomic E-state index is 0.0759. The van der Waals surface area contributed by atoms with Gasteiger partial charge in [0.25, 0.3) is 0 Å². The molecule has 1 spiro atoms. The van der Waals surface area contributed by atoms with Crippen LogP contribution in [0.15, 0.2) is 36.0 Å². The first-order chi connectivity index (χ1) is 18.9. The fraction of sp³-hybridized carbons (Fsp3) is 0.719. The Balaban J connectivity index is 2.06. The molecule has 0 unspecified atom stereocenters. The summed E-state index contributed by atoms with van der Waals surface area (Å²) in [6.07, 6.45) is 8.78. The molecule has 0 bridgehead atoms. The molecule has 224 valence electrons. The van der Waals surface area contributed by atoms with Crippen LogP contribution in [0, 0.1) is 22.7 Å². The Bertz CT molecular complexity index is 1010. The lowest BCUT2D eigenvalue weighted by atomic mass is 9.45. The predicted octanol–water partition coefficient (Wildman–Crippen LogP) is 5.93. The first-order valence-corrected chi connectivity index (χ1v) is 14.8. The van der Waals surface area contributed by atoms with E-state index in [2.05, 4.69) is 33.4 Å². The van der Waals surface area contributed by atoms with Crippen LogP contribution in [0.25, 0.3) is 0 Å². The first kappa shape index (κ1) is 32.1. The Kier molecular flexibility index (Phi) is 10.8. The van der Waals surface area contributed by atoms with Crippen molar-refractivity contribution in [3.8, 4) is 0 Å². The molecule has 1 saturated heterocycles. The average molecular weight is 561 g/mol. The van der Waals surface area contributed by atoms with Gasteiger partial charge in [-0.3, -0.25) is 19.1 Å². The van der Waals surface area contributed by atoms with Crippen LogP contribution in [0.1, 0.15) is 99.3 Å². The second-order valence-electron chi connectivity index (χ2n) is 12.1. The molecule has 0 amide bonds. The smallest absolute Gasteiger partial charge is 0.306 e. The van der Waals surface area contributed by atoms with E-state index in [-0.39, 0.29) is 17.8 Å². The number of aliphatic hydroxyl groups is 1. The molecule has 1 saturated carbocycles. The SMILES string of the molecule is C=C/C(C)=C/C[C@@]1(C)[C@H]2C[C@H](OC(=O)CCCCCCC)C=C3[C@@H](OC(C)=O)O[C@H](OC(C)=O)[C@@]32[C@@H](O)C[C@@H]1C. The van der Waals surface area contributed by atoms with Crippen molar-refractivity contribution in [3.05, 3.63) is 36.0 Å². The quantitative estimate of drug-likeness (QED) is 0.103. The third-order valence-corrected chi connectivity index (χ3v) is 9.35. The summed E-state index contributed by atoms with van der Waals surface area (Å²) in [4.78, 5) is 37.2. The van der Waals surface area contributed by atoms with Gasteiger partial charge in [-0.15, -0.1) is 0 Å². The average Bonchev–Trinajstić information content (AvgIpc) is 3.17. The summed E-state index contributed by atoms with van der Waals surface area (Å²) in [5, 5.41) is 11.8. The molecule has 0 aromatic rings. The molecule has 1 N–H and O–H groups in total. The number of aliphatic hydroxyl groups excluding tert-OH is 1. The monoisotopic (exact) mass is 560 g/mol. The Morgan fingerprint density at radius 1 is 1.07 bits per heavy atom. The zero-order valence-corrected chi connectivity index (χ0v) is 25.1. The highest BCUT2D eigenvalue weighted by Crippen LogP contribution is 2.67. The van der Waals surface area contributed by atoms with Gasteiger partial charge in [0.15, 0.2) is 0 Å². The predicted molar refractivity (Wildman–Crippen MR) is 151 cm³/mol. The van der Waals surface area contributed by atoms with Gasteiger partial charge in [0, 0.05) is 25.8 Å². The number of unbranched alkanes of at least 4 members (excludes halogenated alkanes) is 4. The van der Waals surface area contributed by atoms with Crippen LogP contribution in [-0.4, -0.2) is 47.8 Å². The van der Waals surface area contributed by atoms with Crippen molar-refractivity contribution in [2.24, 2.45) is 22.7 Å². The van der Waals surface area contributed by atoms with Gasteiger partial charge in [-0.25, -0.2) is 0 Å². The van der Waals surface area contributed by atoms with E-state index in [0.717, 1.165) is 37.7 Å². The Morgan fingerprint density at radius 3 is 2.38 bits per heavy atom. The van der Waals surface area contributed by atoms with Gasteiger partial charge < -0.3 is 19.3 Å². The Hall–Kier alpha value is -2.45. The number of carbonyl (C=O) groups excluding carboxylic acids is 3. The van der Waals surface area contributed by atoms with Crippen molar-refractivity contribution < 1.29 is 38.4 Å². The zero-order chi connectivity index (χ0) is 29.7. The molecule has 40 heavy (non-hydrogen) atoms. The van der Waals surface area contributed by atoms with Crippen LogP contribution >= 0.6 is 0 Å². The molecule has 0 aromatic carbocycles. The van der Waals surface area contributed by atoms with Gasteiger partial charge >= 0.3 is 17.9 Å². The summed E-state index contributed by atoms with van der Waals surface area (Å²) < 4.78 is 23.4. The highest BCUT2D eigenvalue weighted by Gasteiger charge is 2.71. The second kappa shape index (κ2) is 13.5. The summed E-state index contributed by atoms with van der Waals surface area (Å²) in [6, 6.07) is 0. The summed E-state index contributed by atoms with van der Waals surface area (Å²) in [7, 11) is 0. The van der Waals surface area contributed by atoms with Gasteiger partial charge in [-0.05, 0) is 55.9 Å². The van der Waals surface area contributed by atoms with Crippen LogP contribution in [0.2, 0.25) is 0 Å². The van der Waals surface area contributed by atoms with Crippen LogP contribution < -0.4 is 0 Å². The van der Waals surface area contributed by atoms with Gasteiger partial charge in [-0.2, -0.15) is 0 Å². The molecular weight excluding hydrogens is 512 g/mol. The van der Waals surface area contributed by atoms with Crippen molar-refractivity contribution in [3.63, 3.8) is 0 Å². The van der Waals surface area contributed by atoms with Crippen LogP contribution in [0.4, 0.5) is 0 Å². The van der Waals surface area contributed by atoms with E-state index in [1.165, 1.54) is 13.8 Å². The maximum atomic E-state index is 12.9. The minimum Gasteiger partial charge on any atom is -0.458 e. The van der Waals surface area contributed by atoms with Gasteiger partial charge in [0.1, 0.15) is 6.10 Å². The summed E-state index contributed by atoms with van der Waals surface area (Å²) in [5.74, 6) is -1.66. The first-order valence-electron chi connectivity index (χ1n) is 14.8. The molecule has 3 rings (SSSR count). The van der Waals surface area contributed by atoms with Gasteiger partial charge in [-0.1, -0.05) is 70.8 Å². The van der Waals surface area contributed by atoms with Gasteiger partial charge in [0.2, 0.25) is 12.6 Å². The largest absolute Gasteiger partial charge is 0.458 e. The molecule has 8 atom stereocenters. The number of ether oxygens (including phenoxy) is 4. The molecular formula is C32H48O8. The highest BCUT2D eigenvalue weighted by atomic mass is 16.8. The second-order valence-corrected chi connectivity index (χ2v) is 12.1. The van der Waals surface area contributed by atoms with E-state index < -0.39 is 47.6 Å².